The van der Waals surface area contributed by atoms with Crippen molar-refractivity contribution in [2.24, 2.45) is 0 Å². The van der Waals surface area contributed by atoms with E-state index in [9.17, 15) is 0 Å². The molecule has 2 heterocycles. The highest BCUT2D eigenvalue weighted by molar-refractivity contribution is 5.96. The van der Waals surface area contributed by atoms with Crippen molar-refractivity contribution in [1.82, 2.24) is 9.97 Å². The first-order chi connectivity index (χ1) is 7.36. The quantitative estimate of drug-likeness (QED) is 0.597. The fraction of sp³-hybridized carbons (Fsp3) is 0.0769. The van der Waals surface area contributed by atoms with E-state index >= 15 is 0 Å². The smallest absolute Gasteiger partial charge is 0.0478 e. The number of fused-ring (bicyclic) bond motifs is 1. The maximum absolute atomic E-state index is 3.40. The molecular weight excluding hydrogens is 184 g/mol. The van der Waals surface area contributed by atoms with Crippen molar-refractivity contribution in [3.8, 4) is 11.3 Å². The van der Waals surface area contributed by atoms with Crippen LogP contribution in [0.1, 0.15) is 5.69 Å². The fourth-order valence-corrected chi connectivity index (χ4v) is 2.11. The number of para-hydroxylation sites is 1. The maximum atomic E-state index is 3.40. The number of hydrogen-bond acceptors (Lipinski definition) is 0. The normalized spacial score (nSPS) is 11.0. The zero-order valence-electron chi connectivity index (χ0n) is 8.54. The Kier molecular flexibility index (Phi) is 1.68. The lowest BCUT2D eigenvalue weighted by molar-refractivity contribution is 1.28. The van der Waals surface area contributed by atoms with Crippen LogP contribution in [-0.2, 0) is 0 Å². The minimum absolute atomic E-state index is 1.17. The van der Waals surface area contributed by atoms with E-state index in [1.165, 1.54) is 27.9 Å². The highest BCUT2D eigenvalue weighted by Gasteiger charge is 2.09. The fourth-order valence-electron chi connectivity index (χ4n) is 2.11. The molecule has 0 saturated heterocycles. The largest absolute Gasteiger partial charge is 0.361 e. The lowest BCUT2D eigenvalue weighted by Crippen LogP contribution is -1.78. The summed E-state index contributed by atoms with van der Waals surface area (Å²) < 4.78 is 0. The molecule has 0 saturated carbocycles. The van der Waals surface area contributed by atoms with Crippen molar-refractivity contribution in [1.29, 1.82) is 0 Å². The van der Waals surface area contributed by atoms with Gasteiger partial charge in [0, 0.05) is 34.1 Å². The summed E-state index contributed by atoms with van der Waals surface area (Å²) in [5.41, 5.74) is 4.85. The molecule has 2 aromatic heterocycles. The molecule has 0 aliphatic heterocycles. The summed E-state index contributed by atoms with van der Waals surface area (Å²) in [6.07, 6.45) is 1.95. The van der Waals surface area contributed by atoms with Crippen molar-refractivity contribution in [2.75, 3.05) is 0 Å². The molecule has 2 N–H and O–H groups in total. The van der Waals surface area contributed by atoms with Crippen molar-refractivity contribution >= 4 is 10.9 Å². The summed E-state index contributed by atoms with van der Waals surface area (Å²) in [4.78, 5) is 6.65. The van der Waals surface area contributed by atoms with Crippen LogP contribution in [0.3, 0.4) is 0 Å². The van der Waals surface area contributed by atoms with Crippen molar-refractivity contribution < 1.29 is 0 Å². The third-order valence-corrected chi connectivity index (χ3v) is 2.76. The van der Waals surface area contributed by atoms with Crippen LogP contribution in [0.5, 0.6) is 0 Å². The zero-order valence-corrected chi connectivity index (χ0v) is 8.54. The molecule has 0 fully saturated rings. The van der Waals surface area contributed by atoms with E-state index in [-0.39, 0.29) is 0 Å². The second-order valence-electron chi connectivity index (χ2n) is 3.75. The van der Waals surface area contributed by atoms with Gasteiger partial charge in [0.25, 0.3) is 0 Å². The van der Waals surface area contributed by atoms with Crippen LogP contribution in [0.4, 0.5) is 0 Å². The van der Waals surface area contributed by atoms with E-state index in [4.69, 9.17) is 0 Å². The molecule has 3 rings (SSSR count). The van der Waals surface area contributed by atoms with E-state index in [0.29, 0.717) is 0 Å². The highest BCUT2D eigenvalue weighted by atomic mass is 14.7. The number of aromatic amines is 2. The molecule has 0 aliphatic rings. The van der Waals surface area contributed by atoms with Gasteiger partial charge >= 0.3 is 0 Å². The van der Waals surface area contributed by atoms with Gasteiger partial charge in [-0.3, -0.25) is 0 Å². The van der Waals surface area contributed by atoms with Gasteiger partial charge in [0.05, 0.1) is 0 Å². The van der Waals surface area contributed by atoms with Crippen LogP contribution < -0.4 is 0 Å². The molecule has 0 radical (unpaired) electrons. The Morgan fingerprint density at radius 3 is 2.67 bits per heavy atom. The predicted molar refractivity (Wildman–Crippen MR) is 62.8 cm³/mol. The van der Waals surface area contributed by atoms with Crippen LogP contribution in [0.25, 0.3) is 22.2 Å². The first-order valence-electron chi connectivity index (χ1n) is 5.07. The summed E-state index contributed by atoms with van der Waals surface area (Å²) in [6, 6.07) is 12.5. The second-order valence-corrected chi connectivity index (χ2v) is 3.75. The number of aromatic nitrogens is 2. The third-order valence-electron chi connectivity index (χ3n) is 2.76. The van der Waals surface area contributed by atoms with Crippen molar-refractivity contribution in [2.45, 2.75) is 6.92 Å². The molecule has 0 amide bonds. The standard InChI is InChI=1S/C13H12N2/c1-9-13(12-7-4-8-14-12)10-5-2-3-6-11(10)15-9/h2-8,14-15H,1H3. The Hall–Kier alpha value is -1.96. The van der Waals surface area contributed by atoms with E-state index < -0.39 is 0 Å². The van der Waals surface area contributed by atoms with Gasteiger partial charge in [-0.1, -0.05) is 18.2 Å². The molecule has 74 valence electrons. The van der Waals surface area contributed by atoms with Crippen molar-refractivity contribution in [3.63, 3.8) is 0 Å². The van der Waals surface area contributed by atoms with Gasteiger partial charge in [0.2, 0.25) is 0 Å². The number of aryl methyl sites for hydroxylation is 1. The Morgan fingerprint density at radius 1 is 1.00 bits per heavy atom. The number of H-pyrrole nitrogens is 2. The molecule has 0 atom stereocenters. The van der Waals surface area contributed by atoms with Gasteiger partial charge in [-0.05, 0) is 25.1 Å². The minimum atomic E-state index is 1.17. The van der Waals surface area contributed by atoms with E-state index in [1.54, 1.807) is 0 Å². The Bertz CT molecular complexity index is 588. The van der Waals surface area contributed by atoms with Crippen LogP contribution in [0, 0.1) is 6.92 Å². The monoisotopic (exact) mass is 196 g/mol. The molecule has 1 aromatic carbocycles. The number of nitrogens with one attached hydrogen (secondary N) is 2. The number of rotatable bonds is 1. The summed E-state index contributed by atoms with van der Waals surface area (Å²) in [7, 11) is 0. The molecule has 0 bridgehead atoms. The van der Waals surface area contributed by atoms with E-state index in [0.717, 1.165) is 0 Å². The van der Waals surface area contributed by atoms with E-state index in [1.807, 2.05) is 12.3 Å². The summed E-state index contributed by atoms with van der Waals surface area (Å²) >= 11 is 0. The Labute approximate surface area is 88.0 Å². The summed E-state index contributed by atoms with van der Waals surface area (Å²) in [6.45, 7) is 2.11. The molecule has 2 heteroatoms. The predicted octanol–water partition coefficient (Wildman–Crippen LogP) is 3.47. The second kappa shape index (κ2) is 3.02. The van der Waals surface area contributed by atoms with E-state index in [2.05, 4.69) is 47.2 Å². The summed E-state index contributed by atoms with van der Waals surface area (Å²) in [5, 5.41) is 1.28. The average Bonchev–Trinajstić information content (AvgIpc) is 2.82. The number of benzene rings is 1. The van der Waals surface area contributed by atoms with Crippen LogP contribution in [0.2, 0.25) is 0 Å². The first kappa shape index (κ1) is 8.36. The lowest BCUT2D eigenvalue weighted by atomic mass is 10.1. The first-order valence-corrected chi connectivity index (χ1v) is 5.07. The lowest BCUT2D eigenvalue weighted by Gasteiger charge is -1.97. The Balaban J connectivity index is 2.39. The zero-order chi connectivity index (χ0) is 10.3. The van der Waals surface area contributed by atoms with Gasteiger partial charge < -0.3 is 9.97 Å². The molecule has 3 aromatic rings. The molecular formula is C13H12N2. The topological polar surface area (TPSA) is 31.6 Å². The molecule has 0 unspecified atom stereocenters. The van der Waals surface area contributed by atoms with Gasteiger partial charge in [-0.15, -0.1) is 0 Å². The SMILES string of the molecule is Cc1[nH]c2ccccc2c1-c1ccc[nH]1. The number of hydrogen-bond donors (Lipinski definition) is 2. The average molecular weight is 196 g/mol. The molecule has 0 aliphatic carbocycles. The van der Waals surface area contributed by atoms with Gasteiger partial charge in [0.15, 0.2) is 0 Å². The molecule has 2 nitrogen and oxygen atoms in total. The summed E-state index contributed by atoms with van der Waals surface area (Å²) in [5.74, 6) is 0. The minimum Gasteiger partial charge on any atom is -0.361 e. The maximum Gasteiger partial charge on any atom is 0.0478 e. The van der Waals surface area contributed by atoms with Crippen LogP contribution >= 0.6 is 0 Å². The molecule has 15 heavy (non-hydrogen) atoms. The van der Waals surface area contributed by atoms with Gasteiger partial charge in [-0.2, -0.15) is 0 Å². The van der Waals surface area contributed by atoms with Crippen LogP contribution in [-0.4, -0.2) is 9.97 Å². The van der Waals surface area contributed by atoms with Gasteiger partial charge in [0.1, 0.15) is 0 Å². The third kappa shape index (κ3) is 1.18. The van der Waals surface area contributed by atoms with Gasteiger partial charge in [-0.25, -0.2) is 0 Å². The molecule has 0 spiro atoms. The Morgan fingerprint density at radius 2 is 1.87 bits per heavy atom. The van der Waals surface area contributed by atoms with Crippen molar-refractivity contribution in [3.05, 3.63) is 48.3 Å². The van der Waals surface area contributed by atoms with Crippen LogP contribution in [0.15, 0.2) is 42.6 Å². The highest BCUT2D eigenvalue weighted by Crippen LogP contribution is 2.30.